The Morgan fingerprint density at radius 1 is 0.698 bits per heavy atom. The molecule has 1 aliphatic rings. The number of thiophene rings is 1. The first kappa shape index (κ1) is 35.1. The molecule has 0 spiro atoms. The Kier molecular flexibility index (Phi) is 10.8. The van der Waals surface area contributed by atoms with Gasteiger partial charge in [-0.05, 0) is 93.6 Å². The van der Waals surface area contributed by atoms with Crippen molar-refractivity contribution in [3.05, 3.63) is 209 Å². The second kappa shape index (κ2) is 16.4. The van der Waals surface area contributed by atoms with Gasteiger partial charge in [-0.2, -0.15) is 5.10 Å². The summed E-state index contributed by atoms with van der Waals surface area (Å²) in [6.07, 6.45) is 11.1. The third-order valence-electron chi connectivity index (χ3n) is 9.50. The molecule has 1 aliphatic carbocycles. The lowest BCUT2D eigenvalue weighted by Gasteiger charge is -2.13. The number of hydrogen-bond donors (Lipinski definition) is 3. The number of hydrazone groups is 1. The highest BCUT2D eigenvalue weighted by Crippen LogP contribution is 2.35. The molecule has 5 N–H and O–H groups in total. The average Bonchev–Trinajstić information content (AvgIpc) is 3.59. The summed E-state index contributed by atoms with van der Waals surface area (Å²) in [6, 6.07) is 51.7. The molecule has 6 aromatic carbocycles. The Balaban J connectivity index is 0.000000178. The van der Waals surface area contributed by atoms with E-state index in [1.54, 1.807) is 0 Å². The van der Waals surface area contributed by atoms with Crippen LogP contribution in [-0.4, -0.2) is 11.5 Å². The number of fused-ring (bicyclic) bond motifs is 3. The van der Waals surface area contributed by atoms with Crippen molar-refractivity contribution in [2.75, 3.05) is 0 Å². The number of amidine groups is 1. The van der Waals surface area contributed by atoms with Gasteiger partial charge in [0.2, 0.25) is 0 Å². The number of rotatable bonds is 8. The van der Waals surface area contributed by atoms with Crippen LogP contribution < -0.4 is 11.6 Å². The molecule has 1 atom stereocenters. The Morgan fingerprint density at radius 3 is 2.09 bits per heavy atom. The van der Waals surface area contributed by atoms with Gasteiger partial charge in [-0.1, -0.05) is 153 Å². The van der Waals surface area contributed by atoms with E-state index in [1.807, 2.05) is 96.3 Å². The van der Waals surface area contributed by atoms with Gasteiger partial charge in [0.05, 0.1) is 5.71 Å². The summed E-state index contributed by atoms with van der Waals surface area (Å²) < 4.78 is 2.79. The van der Waals surface area contributed by atoms with E-state index in [1.165, 1.54) is 37.7 Å². The van der Waals surface area contributed by atoms with E-state index >= 15 is 0 Å². The lowest BCUT2D eigenvalue weighted by atomic mass is 9.92. The van der Waals surface area contributed by atoms with Crippen LogP contribution in [0.1, 0.15) is 41.2 Å². The van der Waals surface area contributed by atoms with Crippen LogP contribution in [0.5, 0.6) is 0 Å². The minimum atomic E-state index is 0.266. The summed E-state index contributed by atoms with van der Waals surface area (Å²) in [4.78, 5) is 0. The van der Waals surface area contributed by atoms with E-state index in [0.29, 0.717) is 11.6 Å². The molecule has 4 nitrogen and oxygen atoms in total. The van der Waals surface area contributed by atoms with E-state index in [4.69, 9.17) is 17.0 Å². The fourth-order valence-electron chi connectivity index (χ4n) is 6.62. The number of nitrogens with two attached hydrogens (primary N) is 2. The van der Waals surface area contributed by atoms with Crippen LogP contribution in [0.3, 0.4) is 0 Å². The van der Waals surface area contributed by atoms with Gasteiger partial charge in [0.25, 0.3) is 0 Å². The van der Waals surface area contributed by atoms with E-state index in [9.17, 15) is 0 Å². The first-order valence-corrected chi connectivity index (χ1v) is 18.7. The SMILES string of the molecule is CC1C=CC(Cc2ccc3c(c2)sc2ccccc23)=CC1.N=C(/C=C(\c1cccc(/C(N)=N/N)c1)c1cccc(-c2ccccc2)c1)c1ccccc1. The molecule has 5 heteroatoms. The highest BCUT2D eigenvalue weighted by molar-refractivity contribution is 7.25. The molecule has 1 unspecified atom stereocenters. The van der Waals surface area contributed by atoms with Crippen molar-refractivity contribution in [1.29, 1.82) is 5.41 Å². The van der Waals surface area contributed by atoms with Gasteiger partial charge >= 0.3 is 0 Å². The number of nitrogens with zero attached hydrogens (tertiary/aromatic N) is 1. The standard InChI is InChI=1S/C28H24N4.C20H18S/c29-27(21-11-5-2-6-12-21)19-26(24-15-8-16-25(18-24)28(30)32-31)23-14-7-13-22(17-23)20-9-3-1-4-10-20;1-14-6-8-15(9-7-14)12-16-10-11-18-17-4-2-3-5-19(17)21-20(18)13-16/h1-19,29H,31H2,(H2,30,32);2-6,8-11,13-14H,7,12H2,1H3/b26-19-,29-27?;. The summed E-state index contributed by atoms with van der Waals surface area (Å²) in [6.45, 7) is 2.27. The maximum Gasteiger partial charge on any atom is 0.150 e. The van der Waals surface area contributed by atoms with Crippen LogP contribution >= 0.6 is 11.3 Å². The summed E-state index contributed by atoms with van der Waals surface area (Å²) in [5.41, 5.74) is 15.9. The summed E-state index contributed by atoms with van der Waals surface area (Å²) >= 11 is 1.90. The van der Waals surface area contributed by atoms with Crippen molar-refractivity contribution in [3.63, 3.8) is 0 Å². The van der Waals surface area contributed by atoms with Gasteiger partial charge in [-0.15, -0.1) is 11.3 Å². The molecule has 53 heavy (non-hydrogen) atoms. The number of nitrogens with one attached hydrogen (secondary N) is 1. The van der Waals surface area contributed by atoms with Crippen molar-refractivity contribution in [2.45, 2.75) is 19.8 Å². The largest absolute Gasteiger partial charge is 0.382 e. The zero-order chi connectivity index (χ0) is 36.6. The van der Waals surface area contributed by atoms with Crippen LogP contribution in [0.2, 0.25) is 0 Å². The monoisotopic (exact) mass is 706 g/mol. The zero-order valence-corrected chi connectivity index (χ0v) is 30.6. The molecule has 0 saturated carbocycles. The van der Waals surface area contributed by atoms with E-state index in [2.05, 4.69) is 103 Å². The van der Waals surface area contributed by atoms with E-state index in [0.717, 1.165) is 45.4 Å². The average molecular weight is 707 g/mol. The minimum Gasteiger partial charge on any atom is -0.382 e. The molecule has 0 aliphatic heterocycles. The summed E-state index contributed by atoms with van der Waals surface area (Å²) in [7, 11) is 0. The van der Waals surface area contributed by atoms with Gasteiger partial charge < -0.3 is 17.0 Å². The maximum atomic E-state index is 8.71. The summed E-state index contributed by atoms with van der Waals surface area (Å²) in [5, 5.41) is 15.1. The van der Waals surface area contributed by atoms with Gasteiger partial charge in [0.15, 0.2) is 0 Å². The molecule has 1 heterocycles. The Bertz CT molecular complexity index is 2500. The predicted octanol–water partition coefficient (Wildman–Crippen LogP) is 11.6. The Hall–Kier alpha value is -6.30. The van der Waals surface area contributed by atoms with Crippen LogP contribution in [0.4, 0.5) is 0 Å². The van der Waals surface area contributed by atoms with Crippen LogP contribution in [0.25, 0.3) is 36.9 Å². The molecule has 0 amide bonds. The number of allylic oxidation sites excluding steroid dienone is 5. The summed E-state index contributed by atoms with van der Waals surface area (Å²) in [5.74, 6) is 6.36. The van der Waals surface area contributed by atoms with Crippen LogP contribution in [0, 0.1) is 11.3 Å². The lowest BCUT2D eigenvalue weighted by Crippen LogP contribution is -2.15. The highest BCUT2D eigenvalue weighted by Gasteiger charge is 2.12. The minimum absolute atomic E-state index is 0.266. The molecule has 1 aromatic heterocycles. The molecule has 260 valence electrons. The zero-order valence-electron chi connectivity index (χ0n) is 29.7. The van der Waals surface area contributed by atoms with Crippen molar-refractivity contribution >= 4 is 48.6 Å². The lowest BCUT2D eigenvalue weighted by molar-refractivity contribution is 0.728. The molecule has 0 fully saturated rings. The van der Waals surface area contributed by atoms with Gasteiger partial charge in [0, 0.05) is 25.7 Å². The second-order valence-corrected chi connectivity index (χ2v) is 14.4. The second-order valence-electron chi connectivity index (χ2n) is 13.3. The Morgan fingerprint density at radius 2 is 1.34 bits per heavy atom. The van der Waals surface area contributed by atoms with Crippen molar-refractivity contribution in [1.82, 2.24) is 0 Å². The molecule has 8 rings (SSSR count). The third-order valence-corrected chi connectivity index (χ3v) is 10.6. The predicted molar refractivity (Wildman–Crippen MR) is 228 cm³/mol. The molecular formula is C48H42N4S. The van der Waals surface area contributed by atoms with Crippen molar-refractivity contribution in [3.8, 4) is 11.1 Å². The van der Waals surface area contributed by atoms with E-state index < -0.39 is 0 Å². The molecule has 0 radical (unpaired) electrons. The molecule has 0 bridgehead atoms. The highest BCUT2D eigenvalue weighted by atomic mass is 32.1. The first-order valence-electron chi connectivity index (χ1n) is 17.9. The third kappa shape index (κ3) is 8.44. The van der Waals surface area contributed by atoms with Crippen molar-refractivity contribution < 1.29 is 0 Å². The van der Waals surface area contributed by atoms with Gasteiger partial charge in [0.1, 0.15) is 5.84 Å². The first-order chi connectivity index (χ1) is 25.9. The smallest absolute Gasteiger partial charge is 0.150 e. The number of hydrogen-bond acceptors (Lipinski definition) is 4. The normalized spacial score (nSPS) is 14.4. The topological polar surface area (TPSA) is 88.2 Å². The maximum absolute atomic E-state index is 8.71. The van der Waals surface area contributed by atoms with Gasteiger partial charge in [-0.25, -0.2) is 0 Å². The fourth-order valence-corrected chi connectivity index (χ4v) is 7.78. The van der Waals surface area contributed by atoms with E-state index in [-0.39, 0.29) is 5.84 Å². The molecular weight excluding hydrogens is 665 g/mol. The van der Waals surface area contributed by atoms with Crippen LogP contribution in [-0.2, 0) is 6.42 Å². The van der Waals surface area contributed by atoms with Gasteiger partial charge in [-0.3, -0.25) is 0 Å². The number of benzene rings is 6. The van der Waals surface area contributed by atoms with Crippen LogP contribution in [0.15, 0.2) is 187 Å². The quantitative estimate of drug-likeness (QED) is 0.0636. The fraction of sp³-hybridized carbons (Fsp3) is 0.0833. The van der Waals surface area contributed by atoms with Crippen molar-refractivity contribution in [2.24, 2.45) is 22.6 Å². The Labute approximate surface area is 315 Å². The molecule has 0 saturated heterocycles. The molecule has 7 aromatic rings.